The van der Waals surface area contributed by atoms with E-state index >= 15 is 0 Å². The van der Waals surface area contributed by atoms with Crippen LogP contribution in [0.25, 0.3) is 11.1 Å². The summed E-state index contributed by atoms with van der Waals surface area (Å²) < 4.78 is 0. The van der Waals surface area contributed by atoms with Crippen LogP contribution in [0, 0.1) is 0 Å². The van der Waals surface area contributed by atoms with Gasteiger partial charge < -0.3 is 15.1 Å². The van der Waals surface area contributed by atoms with E-state index in [9.17, 15) is 4.79 Å². The van der Waals surface area contributed by atoms with Gasteiger partial charge in [0.2, 0.25) is 5.95 Å². The van der Waals surface area contributed by atoms with E-state index in [-0.39, 0.29) is 5.91 Å². The Bertz CT molecular complexity index is 841. The molecule has 0 atom stereocenters. The van der Waals surface area contributed by atoms with Crippen molar-refractivity contribution in [3.05, 3.63) is 42.2 Å². The van der Waals surface area contributed by atoms with Crippen molar-refractivity contribution in [3.63, 3.8) is 0 Å². The van der Waals surface area contributed by atoms with Crippen LogP contribution in [-0.4, -0.2) is 84.6 Å². The maximum atomic E-state index is 12.7. The number of piperidine rings is 1. The molecule has 166 valence electrons. The summed E-state index contributed by atoms with van der Waals surface area (Å²) in [6.45, 7) is 11.3. The summed E-state index contributed by atoms with van der Waals surface area (Å²) in [5.74, 6) is 0.775. The van der Waals surface area contributed by atoms with Crippen LogP contribution in [-0.2, 0) is 0 Å². The van der Waals surface area contributed by atoms with Crippen LogP contribution >= 0.6 is 0 Å². The van der Waals surface area contributed by atoms with Crippen LogP contribution in [0.1, 0.15) is 36.5 Å². The number of rotatable bonds is 7. The standard InChI is InChI=1S/C24H34N6O/c1-2-28-13-15-29(16-14-28)12-9-25-23(31)21-8-6-7-20(17-21)22-18-26-24(27-19-22)30-10-4-3-5-11-30/h6-8,17-19H,2-5,9-16H2,1H3,(H,25,31). The van der Waals surface area contributed by atoms with E-state index in [0.717, 1.165) is 69.4 Å². The van der Waals surface area contributed by atoms with Crippen LogP contribution in [0.15, 0.2) is 36.7 Å². The van der Waals surface area contributed by atoms with Gasteiger partial charge in [-0.2, -0.15) is 0 Å². The number of hydrogen-bond donors (Lipinski definition) is 1. The van der Waals surface area contributed by atoms with Crippen molar-refractivity contribution < 1.29 is 4.79 Å². The summed E-state index contributed by atoms with van der Waals surface area (Å²) in [6.07, 6.45) is 7.43. The van der Waals surface area contributed by atoms with Gasteiger partial charge in [0.1, 0.15) is 0 Å². The van der Waals surface area contributed by atoms with Crippen molar-refractivity contribution in [2.45, 2.75) is 26.2 Å². The summed E-state index contributed by atoms with van der Waals surface area (Å²) in [6, 6.07) is 7.71. The van der Waals surface area contributed by atoms with Gasteiger partial charge in [0.15, 0.2) is 0 Å². The van der Waals surface area contributed by atoms with E-state index < -0.39 is 0 Å². The number of carbonyl (C=O) groups excluding carboxylic acids is 1. The molecule has 0 spiro atoms. The Morgan fingerprint density at radius 1 is 0.935 bits per heavy atom. The van der Waals surface area contributed by atoms with Gasteiger partial charge in [0.25, 0.3) is 5.91 Å². The third-order valence-electron chi connectivity index (χ3n) is 6.36. The van der Waals surface area contributed by atoms with E-state index in [1.807, 2.05) is 36.7 Å². The average molecular weight is 423 g/mol. The predicted octanol–water partition coefficient (Wildman–Crippen LogP) is 2.50. The molecule has 0 unspecified atom stereocenters. The summed E-state index contributed by atoms with van der Waals surface area (Å²) in [5, 5.41) is 3.07. The quantitative estimate of drug-likeness (QED) is 0.740. The Kier molecular flexibility index (Phi) is 7.48. The van der Waals surface area contributed by atoms with Crippen molar-refractivity contribution >= 4 is 11.9 Å². The zero-order valence-corrected chi connectivity index (χ0v) is 18.6. The van der Waals surface area contributed by atoms with Gasteiger partial charge in [-0.25, -0.2) is 9.97 Å². The molecule has 7 nitrogen and oxygen atoms in total. The zero-order chi connectivity index (χ0) is 21.5. The number of anilines is 1. The monoisotopic (exact) mass is 422 g/mol. The first-order chi connectivity index (χ1) is 15.2. The lowest BCUT2D eigenvalue weighted by Crippen LogP contribution is -2.48. The molecule has 0 saturated carbocycles. The second-order valence-electron chi connectivity index (χ2n) is 8.43. The maximum absolute atomic E-state index is 12.7. The highest BCUT2D eigenvalue weighted by Crippen LogP contribution is 2.21. The summed E-state index contributed by atoms with van der Waals surface area (Å²) in [4.78, 5) is 28.9. The minimum atomic E-state index is -0.0279. The topological polar surface area (TPSA) is 64.6 Å². The van der Waals surface area contributed by atoms with E-state index in [1.165, 1.54) is 19.3 Å². The number of hydrogen-bond acceptors (Lipinski definition) is 6. The molecule has 1 aromatic carbocycles. The summed E-state index contributed by atoms with van der Waals surface area (Å²) >= 11 is 0. The summed E-state index contributed by atoms with van der Waals surface area (Å²) in [5.41, 5.74) is 2.58. The number of nitrogens with zero attached hydrogens (tertiary/aromatic N) is 5. The van der Waals surface area contributed by atoms with Gasteiger partial charge in [-0.05, 0) is 43.5 Å². The molecule has 2 fully saturated rings. The number of likely N-dealkylation sites (N-methyl/N-ethyl adjacent to an activating group) is 1. The Hall–Kier alpha value is -2.51. The molecule has 2 aliphatic heterocycles. The van der Waals surface area contributed by atoms with Gasteiger partial charge in [0.05, 0.1) is 0 Å². The molecule has 4 rings (SSSR count). The fourth-order valence-corrected chi connectivity index (χ4v) is 4.33. The molecule has 1 aromatic heterocycles. The van der Waals surface area contributed by atoms with Crippen molar-refractivity contribution in [2.75, 3.05) is 63.8 Å². The van der Waals surface area contributed by atoms with Gasteiger partial charge >= 0.3 is 0 Å². The highest BCUT2D eigenvalue weighted by atomic mass is 16.1. The smallest absolute Gasteiger partial charge is 0.251 e. The minimum absolute atomic E-state index is 0.0279. The van der Waals surface area contributed by atoms with Gasteiger partial charge in [0, 0.05) is 75.9 Å². The highest BCUT2D eigenvalue weighted by molar-refractivity contribution is 5.95. The molecule has 31 heavy (non-hydrogen) atoms. The van der Waals surface area contributed by atoms with Crippen LogP contribution in [0.3, 0.4) is 0 Å². The Morgan fingerprint density at radius 2 is 1.65 bits per heavy atom. The van der Waals surface area contributed by atoms with E-state index in [1.54, 1.807) is 0 Å². The number of carbonyl (C=O) groups is 1. The second-order valence-corrected chi connectivity index (χ2v) is 8.43. The van der Waals surface area contributed by atoms with Crippen LogP contribution < -0.4 is 10.2 Å². The van der Waals surface area contributed by atoms with Gasteiger partial charge in [-0.15, -0.1) is 0 Å². The molecule has 1 N–H and O–H groups in total. The highest BCUT2D eigenvalue weighted by Gasteiger charge is 2.16. The Morgan fingerprint density at radius 3 is 2.35 bits per heavy atom. The zero-order valence-electron chi connectivity index (χ0n) is 18.6. The normalized spacial score (nSPS) is 18.2. The molecule has 2 saturated heterocycles. The molecule has 0 radical (unpaired) electrons. The number of nitrogens with one attached hydrogen (secondary N) is 1. The molecule has 2 aromatic rings. The number of piperazine rings is 1. The first-order valence-electron chi connectivity index (χ1n) is 11.6. The third kappa shape index (κ3) is 5.80. The lowest BCUT2D eigenvalue weighted by Gasteiger charge is -2.33. The molecule has 1 amide bonds. The van der Waals surface area contributed by atoms with E-state index in [4.69, 9.17) is 0 Å². The number of amides is 1. The van der Waals surface area contributed by atoms with E-state index in [2.05, 4.69) is 36.9 Å². The second kappa shape index (κ2) is 10.7. The Labute approximate surface area is 185 Å². The van der Waals surface area contributed by atoms with Crippen molar-refractivity contribution in [3.8, 4) is 11.1 Å². The van der Waals surface area contributed by atoms with E-state index in [0.29, 0.717) is 12.1 Å². The fraction of sp³-hybridized carbons (Fsp3) is 0.542. The lowest BCUT2D eigenvalue weighted by molar-refractivity contribution is 0.0938. The van der Waals surface area contributed by atoms with Crippen molar-refractivity contribution in [1.82, 2.24) is 25.1 Å². The lowest BCUT2D eigenvalue weighted by atomic mass is 10.1. The van der Waals surface area contributed by atoms with Gasteiger partial charge in [-0.1, -0.05) is 19.1 Å². The van der Waals surface area contributed by atoms with Crippen molar-refractivity contribution in [2.24, 2.45) is 0 Å². The number of aromatic nitrogens is 2. The minimum Gasteiger partial charge on any atom is -0.351 e. The number of benzene rings is 1. The van der Waals surface area contributed by atoms with Crippen LogP contribution in [0.4, 0.5) is 5.95 Å². The molecular formula is C24H34N6O. The average Bonchev–Trinajstić information content (AvgIpc) is 2.85. The third-order valence-corrected chi connectivity index (χ3v) is 6.36. The molecule has 3 heterocycles. The van der Waals surface area contributed by atoms with Crippen molar-refractivity contribution in [1.29, 1.82) is 0 Å². The largest absolute Gasteiger partial charge is 0.351 e. The van der Waals surface area contributed by atoms with Gasteiger partial charge in [-0.3, -0.25) is 9.69 Å². The summed E-state index contributed by atoms with van der Waals surface area (Å²) in [7, 11) is 0. The first-order valence-corrected chi connectivity index (χ1v) is 11.6. The van der Waals surface area contributed by atoms with Crippen LogP contribution in [0.5, 0.6) is 0 Å². The molecule has 7 heteroatoms. The fourth-order valence-electron chi connectivity index (χ4n) is 4.33. The maximum Gasteiger partial charge on any atom is 0.251 e. The van der Waals surface area contributed by atoms with Crippen LogP contribution in [0.2, 0.25) is 0 Å². The molecule has 0 aliphatic carbocycles. The molecule has 0 bridgehead atoms. The first kappa shape index (κ1) is 21.7. The Balaban J connectivity index is 1.30. The predicted molar refractivity (Wildman–Crippen MR) is 124 cm³/mol. The molecular weight excluding hydrogens is 388 g/mol. The SMILES string of the molecule is CCN1CCN(CCNC(=O)c2cccc(-c3cnc(N4CCCCC4)nc3)c2)CC1. The molecule has 2 aliphatic rings.